The summed E-state index contributed by atoms with van der Waals surface area (Å²) in [4.78, 5) is 0. The van der Waals surface area contributed by atoms with Crippen LogP contribution in [-0.4, -0.2) is 36.9 Å². The number of ether oxygens (including phenoxy) is 1. The van der Waals surface area contributed by atoms with Gasteiger partial charge in [0.15, 0.2) is 0 Å². The van der Waals surface area contributed by atoms with Gasteiger partial charge in [-0.15, -0.1) is 0 Å². The van der Waals surface area contributed by atoms with Crippen molar-refractivity contribution in [3.63, 3.8) is 0 Å². The van der Waals surface area contributed by atoms with Crippen LogP contribution in [-0.2, 0) is 4.74 Å². The molecule has 1 aromatic carbocycles. The lowest BCUT2D eigenvalue weighted by atomic mass is 9.77. The minimum atomic E-state index is -6.00. The summed E-state index contributed by atoms with van der Waals surface area (Å²) >= 11 is 0. The van der Waals surface area contributed by atoms with Gasteiger partial charge in [-0.1, -0.05) is 62.9 Å². The summed E-state index contributed by atoms with van der Waals surface area (Å²) < 4.78 is 48.0. The Morgan fingerprint density at radius 1 is 1.07 bits per heavy atom. The highest BCUT2D eigenvalue weighted by molar-refractivity contribution is 6.50. The van der Waals surface area contributed by atoms with Crippen molar-refractivity contribution in [2.24, 2.45) is 5.92 Å². The molecular formula is C22H34BF4NO. The maximum absolute atomic E-state index is 9.75. The van der Waals surface area contributed by atoms with E-state index in [1.54, 1.807) is 0 Å². The van der Waals surface area contributed by atoms with Crippen molar-refractivity contribution in [2.75, 3.05) is 13.2 Å². The van der Waals surface area contributed by atoms with Crippen molar-refractivity contribution in [3.8, 4) is 0 Å². The van der Waals surface area contributed by atoms with E-state index in [2.05, 4.69) is 55.0 Å². The van der Waals surface area contributed by atoms with Gasteiger partial charge in [-0.25, -0.2) is 4.58 Å². The Morgan fingerprint density at radius 3 is 2.38 bits per heavy atom. The molecule has 0 spiro atoms. The first-order valence-corrected chi connectivity index (χ1v) is 11.0. The number of fused-ring (bicyclic) bond motifs is 1. The van der Waals surface area contributed by atoms with Crippen molar-refractivity contribution in [3.05, 3.63) is 35.9 Å². The minimum absolute atomic E-state index is 0.00769. The van der Waals surface area contributed by atoms with Crippen molar-refractivity contribution < 1.29 is 26.6 Å². The Morgan fingerprint density at radius 2 is 1.76 bits per heavy atom. The number of hydrogen-bond donors (Lipinski definition) is 0. The molecule has 1 saturated heterocycles. The lowest BCUT2D eigenvalue weighted by Gasteiger charge is -2.38. The van der Waals surface area contributed by atoms with Gasteiger partial charge in [0.05, 0.1) is 18.4 Å². The molecule has 0 bridgehead atoms. The standard InChI is InChI=1S/C22H34NO.BF4/c1-3-5-6-10-14-21-17-20(19-12-8-7-9-13-19)18-23-16-11-15-22(21,23)24-4-2;2-1(3,4)5/h7-9,12-13,18,20-21H,3-6,10-11,14-17H2,1-2H3;/q+1;-1. The smallest absolute Gasteiger partial charge is 0.418 e. The number of rotatable bonds is 8. The summed E-state index contributed by atoms with van der Waals surface area (Å²) in [5, 5.41) is 0. The Labute approximate surface area is 172 Å². The van der Waals surface area contributed by atoms with Crippen LogP contribution in [0, 0.1) is 5.92 Å². The molecule has 1 fully saturated rings. The maximum Gasteiger partial charge on any atom is 0.673 e. The van der Waals surface area contributed by atoms with Crippen LogP contribution in [0.15, 0.2) is 30.3 Å². The second kappa shape index (κ2) is 11.1. The number of hydrogen-bond acceptors (Lipinski definition) is 1. The molecule has 0 aromatic heterocycles. The minimum Gasteiger partial charge on any atom is -0.418 e. The molecule has 2 aliphatic rings. The second-order valence-corrected chi connectivity index (χ2v) is 8.02. The zero-order valence-corrected chi connectivity index (χ0v) is 17.6. The number of nitrogens with zero attached hydrogens (tertiary/aromatic N) is 1. The van der Waals surface area contributed by atoms with Crippen LogP contribution in [0.3, 0.4) is 0 Å². The van der Waals surface area contributed by atoms with Gasteiger partial charge in [0.1, 0.15) is 12.8 Å². The van der Waals surface area contributed by atoms with Gasteiger partial charge in [-0.05, 0) is 25.3 Å². The van der Waals surface area contributed by atoms with Gasteiger partial charge in [0.2, 0.25) is 0 Å². The average molecular weight is 415 g/mol. The van der Waals surface area contributed by atoms with E-state index in [9.17, 15) is 17.3 Å². The van der Waals surface area contributed by atoms with Crippen LogP contribution < -0.4 is 0 Å². The predicted molar refractivity (Wildman–Crippen MR) is 111 cm³/mol. The normalized spacial score (nSPS) is 26.3. The van der Waals surface area contributed by atoms with E-state index in [1.165, 1.54) is 56.9 Å². The van der Waals surface area contributed by atoms with Crippen LogP contribution in [0.1, 0.15) is 76.7 Å². The average Bonchev–Trinajstić information content (AvgIpc) is 3.08. The predicted octanol–water partition coefficient (Wildman–Crippen LogP) is 6.67. The van der Waals surface area contributed by atoms with Crippen LogP contribution in [0.4, 0.5) is 17.3 Å². The summed E-state index contributed by atoms with van der Waals surface area (Å²) in [7, 11) is -6.00. The van der Waals surface area contributed by atoms with Gasteiger partial charge in [-0.2, -0.15) is 0 Å². The molecule has 0 saturated carbocycles. The number of benzene rings is 1. The molecular weight excluding hydrogens is 381 g/mol. The van der Waals surface area contributed by atoms with Crippen LogP contribution in [0.5, 0.6) is 0 Å². The van der Waals surface area contributed by atoms with Crippen molar-refractivity contribution in [1.29, 1.82) is 0 Å². The largest absolute Gasteiger partial charge is 0.673 e. The third-order valence-electron chi connectivity index (χ3n) is 5.98. The van der Waals surface area contributed by atoms with Crippen LogP contribution in [0.25, 0.3) is 0 Å². The Kier molecular flexibility index (Phi) is 9.19. The third kappa shape index (κ3) is 7.12. The zero-order chi connectivity index (χ0) is 21.3. The van der Waals surface area contributed by atoms with Gasteiger partial charge >= 0.3 is 7.25 Å². The monoisotopic (exact) mass is 415 g/mol. The molecule has 1 aromatic rings. The summed E-state index contributed by atoms with van der Waals surface area (Å²) in [5.74, 6) is 1.21. The van der Waals surface area contributed by atoms with E-state index in [0.717, 1.165) is 13.2 Å². The van der Waals surface area contributed by atoms with E-state index in [1.807, 2.05) is 0 Å². The molecule has 0 aliphatic carbocycles. The molecule has 0 amide bonds. The molecule has 0 N–H and O–H groups in total. The third-order valence-corrected chi connectivity index (χ3v) is 5.98. The first kappa shape index (κ1) is 23.9. The summed E-state index contributed by atoms with van der Waals surface area (Å²) in [5.41, 5.74) is 1.46. The van der Waals surface area contributed by atoms with E-state index in [0.29, 0.717) is 11.8 Å². The lowest BCUT2D eigenvalue weighted by Crippen LogP contribution is -2.51. The topological polar surface area (TPSA) is 12.2 Å². The quantitative estimate of drug-likeness (QED) is 0.200. The van der Waals surface area contributed by atoms with E-state index < -0.39 is 7.25 Å². The van der Waals surface area contributed by atoms with Crippen molar-refractivity contribution in [1.82, 2.24) is 0 Å². The molecule has 0 radical (unpaired) electrons. The van der Waals surface area contributed by atoms with Crippen molar-refractivity contribution in [2.45, 2.75) is 76.9 Å². The fourth-order valence-electron chi connectivity index (χ4n) is 4.85. The molecule has 29 heavy (non-hydrogen) atoms. The summed E-state index contributed by atoms with van der Waals surface area (Å²) in [6.07, 6.45) is 12.9. The fourth-order valence-corrected chi connectivity index (χ4v) is 4.85. The molecule has 2 heterocycles. The summed E-state index contributed by atoms with van der Waals surface area (Å²) in [6.45, 7) is 6.44. The van der Waals surface area contributed by atoms with Gasteiger partial charge < -0.3 is 22.0 Å². The van der Waals surface area contributed by atoms with Gasteiger partial charge in [0, 0.05) is 12.8 Å². The van der Waals surface area contributed by atoms with Crippen LogP contribution in [0.2, 0.25) is 0 Å². The Hall–Kier alpha value is -1.37. The first-order chi connectivity index (χ1) is 13.8. The molecule has 2 aliphatic heterocycles. The molecule has 164 valence electrons. The Bertz CT molecular complexity index is 631. The molecule has 7 heteroatoms. The molecule has 3 unspecified atom stereocenters. The number of halogens is 4. The van der Waals surface area contributed by atoms with Crippen molar-refractivity contribution >= 4 is 13.5 Å². The highest BCUT2D eigenvalue weighted by atomic mass is 19.5. The first-order valence-electron chi connectivity index (χ1n) is 11.0. The van der Waals surface area contributed by atoms with E-state index >= 15 is 0 Å². The zero-order valence-electron chi connectivity index (χ0n) is 17.6. The molecule has 3 atom stereocenters. The van der Waals surface area contributed by atoms with Gasteiger partial charge in [0.25, 0.3) is 5.72 Å². The summed E-state index contributed by atoms with van der Waals surface area (Å²) in [6, 6.07) is 11.1. The van der Waals surface area contributed by atoms with E-state index in [-0.39, 0.29) is 5.72 Å². The Balaban J connectivity index is 0.000000537. The lowest BCUT2D eigenvalue weighted by molar-refractivity contribution is -0.655. The SMILES string of the molecule is CCCCCCC1CC(c2ccccc2)C=[N+]2CCCC12OCC.F[B-](F)(F)F. The molecule has 3 rings (SSSR count). The second-order valence-electron chi connectivity index (χ2n) is 8.02. The van der Waals surface area contributed by atoms with Crippen LogP contribution >= 0.6 is 0 Å². The van der Waals surface area contributed by atoms with E-state index in [4.69, 9.17) is 4.74 Å². The number of unbranched alkanes of at least 4 members (excludes halogenated alkanes) is 3. The maximum atomic E-state index is 9.75. The molecule has 2 nitrogen and oxygen atoms in total. The van der Waals surface area contributed by atoms with Gasteiger partial charge in [-0.3, -0.25) is 0 Å². The highest BCUT2D eigenvalue weighted by Crippen LogP contribution is 2.44. The fraction of sp³-hybridized carbons (Fsp3) is 0.682. The highest BCUT2D eigenvalue weighted by Gasteiger charge is 2.55.